The number of aromatic nitrogens is 2. The minimum absolute atomic E-state index is 0.256. The molecule has 0 bridgehead atoms. The van der Waals surface area contributed by atoms with Gasteiger partial charge in [-0.15, -0.1) is 0 Å². The molecular formula is C29H26N2O6. The van der Waals surface area contributed by atoms with E-state index in [0.717, 1.165) is 16.2 Å². The third kappa shape index (κ3) is 4.06. The first kappa shape index (κ1) is 24.3. The molecule has 2 aromatic heterocycles. The van der Waals surface area contributed by atoms with Crippen molar-refractivity contribution in [2.45, 2.75) is 13.2 Å². The first-order chi connectivity index (χ1) is 18.0. The van der Waals surface area contributed by atoms with Crippen molar-refractivity contribution in [1.82, 2.24) is 9.55 Å². The van der Waals surface area contributed by atoms with E-state index in [9.17, 15) is 15.0 Å². The minimum atomic E-state index is -0.293. The predicted molar refractivity (Wildman–Crippen MR) is 142 cm³/mol. The molecule has 0 atom stereocenters. The second-order valence-corrected chi connectivity index (χ2v) is 8.44. The second kappa shape index (κ2) is 9.93. The van der Waals surface area contributed by atoms with Crippen LogP contribution in [0.1, 0.15) is 11.1 Å². The number of rotatable bonds is 7. The van der Waals surface area contributed by atoms with Crippen LogP contribution in [0.25, 0.3) is 38.6 Å². The Balaban J connectivity index is 1.83. The zero-order valence-corrected chi connectivity index (χ0v) is 20.7. The third-order valence-electron chi connectivity index (χ3n) is 6.54. The summed E-state index contributed by atoms with van der Waals surface area (Å²) in [5, 5.41) is 22.8. The van der Waals surface area contributed by atoms with Gasteiger partial charge in [0.25, 0.3) is 5.56 Å². The van der Waals surface area contributed by atoms with Crippen molar-refractivity contribution < 1.29 is 24.4 Å². The van der Waals surface area contributed by atoms with E-state index in [2.05, 4.69) is 4.98 Å². The number of para-hydroxylation sites is 1. The molecule has 2 N–H and O–H groups in total. The maximum atomic E-state index is 13.2. The summed E-state index contributed by atoms with van der Waals surface area (Å²) >= 11 is 0. The molecule has 5 rings (SSSR count). The molecule has 0 amide bonds. The number of fused-ring (bicyclic) bond motifs is 2. The van der Waals surface area contributed by atoms with Crippen LogP contribution in [0.3, 0.4) is 0 Å². The smallest absolute Gasteiger partial charge is 0.260 e. The normalized spacial score (nSPS) is 11.2. The zero-order chi connectivity index (χ0) is 26.1. The number of ether oxygens (including phenoxy) is 3. The van der Waals surface area contributed by atoms with Crippen LogP contribution in [0.4, 0.5) is 0 Å². The van der Waals surface area contributed by atoms with Gasteiger partial charge in [0.05, 0.1) is 40.1 Å². The van der Waals surface area contributed by atoms with Crippen LogP contribution in [0.2, 0.25) is 0 Å². The average molecular weight is 499 g/mol. The molecular weight excluding hydrogens is 472 g/mol. The molecule has 0 aliphatic heterocycles. The SMILES string of the molecule is COc1cc2cc(CO)c(CO)c(-c3ccnc(-n4c(=O)cc(OC)c5ccccc54)c3)c2cc1OC. The average Bonchev–Trinajstić information content (AvgIpc) is 2.94. The van der Waals surface area contributed by atoms with Gasteiger partial charge in [0.2, 0.25) is 0 Å². The number of hydrogen-bond acceptors (Lipinski definition) is 7. The van der Waals surface area contributed by atoms with Crippen molar-refractivity contribution in [3.05, 3.63) is 88.3 Å². The van der Waals surface area contributed by atoms with Gasteiger partial charge in [0.1, 0.15) is 11.6 Å². The molecule has 0 radical (unpaired) electrons. The van der Waals surface area contributed by atoms with Crippen LogP contribution in [0.5, 0.6) is 17.2 Å². The first-order valence-corrected chi connectivity index (χ1v) is 11.6. The summed E-state index contributed by atoms with van der Waals surface area (Å²) in [6.45, 7) is -0.549. The summed E-state index contributed by atoms with van der Waals surface area (Å²) in [6.07, 6.45) is 1.62. The highest BCUT2D eigenvalue weighted by molar-refractivity contribution is 6.01. The molecule has 2 heterocycles. The molecule has 37 heavy (non-hydrogen) atoms. The number of pyridine rings is 2. The minimum Gasteiger partial charge on any atom is -0.496 e. The van der Waals surface area contributed by atoms with Gasteiger partial charge in [0, 0.05) is 17.6 Å². The van der Waals surface area contributed by atoms with E-state index < -0.39 is 0 Å². The van der Waals surface area contributed by atoms with Crippen molar-refractivity contribution in [1.29, 1.82) is 0 Å². The molecule has 0 aliphatic carbocycles. The summed E-state index contributed by atoms with van der Waals surface area (Å²) < 4.78 is 18.0. The molecule has 0 spiro atoms. The predicted octanol–water partition coefficient (Wildman–Crippen LogP) is 4.22. The van der Waals surface area contributed by atoms with Gasteiger partial charge in [-0.2, -0.15) is 0 Å². The Labute approximate surface area is 212 Å². The Morgan fingerprint density at radius 2 is 1.54 bits per heavy atom. The molecule has 0 saturated carbocycles. The number of hydrogen-bond donors (Lipinski definition) is 2. The van der Waals surface area contributed by atoms with E-state index in [-0.39, 0.29) is 18.8 Å². The van der Waals surface area contributed by atoms with Gasteiger partial charge in [-0.1, -0.05) is 12.1 Å². The fraction of sp³-hybridized carbons (Fsp3) is 0.172. The fourth-order valence-electron chi connectivity index (χ4n) is 4.83. The molecule has 8 nitrogen and oxygen atoms in total. The van der Waals surface area contributed by atoms with Crippen LogP contribution in [0.15, 0.2) is 71.7 Å². The Morgan fingerprint density at radius 3 is 2.24 bits per heavy atom. The zero-order valence-electron chi connectivity index (χ0n) is 20.7. The third-order valence-corrected chi connectivity index (χ3v) is 6.54. The maximum absolute atomic E-state index is 13.2. The van der Waals surface area contributed by atoms with Crippen LogP contribution >= 0.6 is 0 Å². The molecule has 0 fully saturated rings. The summed E-state index contributed by atoms with van der Waals surface area (Å²) in [5.41, 5.74) is 2.95. The van der Waals surface area contributed by atoms with E-state index in [1.165, 1.54) is 17.7 Å². The Kier molecular flexibility index (Phi) is 6.52. The van der Waals surface area contributed by atoms with Crippen molar-refractivity contribution in [2.75, 3.05) is 21.3 Å². The molecule has 8 heteroatoms. The lowest BCUT2D eigenvalue weighted by Gasteiger charge is -2.19. The van der Waals surface area contributed by atoms with E-state index in [0.29, 0.717) is 50.8 Å². The molecule has 188 valence electrons. The summed E-state index contributed by atoms with van der Waals surface area (Å²) in [7, 11) is 4.65. The van der Waals surface area contributed by atoms with Crippen LogP contribution in [-0.2, 0) is 13.2 Å². The molecule has 0 saturated heterocycles. The highest BCUT2D eigenvalue weighted by Crippen LogP contribution is 2.41. The largest absolute Gasteiger partial charge is 0.496 e. The summed E-state index contributed by atoms with van der Waals surface area (Å²) in [4.78, 5) is 17.7. The number of aliphatic hydroxyl groups is 2. The van der Waals surface area contributed by atoms with Gasteiger partial charge in [-0.05, 0) is 75.5 Å². The van der Waals surface area contributed by atoms with Crippen molar-refractivity contribution >= 4 is 21.7 Å². The second-order valence-electron chi connectivity index (χ2n) is 8.44. The van der Waals surface area contributed by atoms with E-state index in [1.807, 2.05) is 48.5 Å². The number of aliphatic hydroxyl groups excluding tert-OH is 2. The Hall–Kier alpha value is -4.40. The van der Waals surface area contributed by atoms with Crippen LogP contribution in [-0.4, -0.2) is 41.1 Å². The van der Waals surface area contributed by atoms with Crippen molar-refractivity contribution in [3.63, 3.8) is 0 Å². The summed E-state index contributed by atoms with van der Waals surface area (Å²) in [6, 6.07) is 18.0. The lowest BCUT2D eigenvalue weighted by atomic mass is 9.90. The van der Waals surface area contributed by atoms with Gasteiger partial charge in [-0.3, -0.25) is 9.36 Å². The molecule has 3 aromatic carbocycles. The van der Waals surface area contributed by atoms with Gasteiger partial charge >= 0.3 is 0 Å². The maximum Gasteiger partial charge on any atom is 0.260 e. The Morgan fingerprint density at radius 1 is 0.811 bits per heavy atom. The highest BCUT2D eigenvalue weighted by atomic mass is 16.5. The van der Waals surface area contributed by atoms with E-state index in [4.69, 9.17) is 14.2 Å². The van der Waals surface area contributed by atoms with Crippen LogP contribution in [0, 0.1) is 0 Å². The molecule has 5 aromatic rings. The quantitative estimate of drug-likeness (QED) is 0.346. The molecule has 0 unspecified atom stereocenters. The van der Waals surface area contributed by atoms with Gasteiger partial charge in [-0.25, -0.2) is 4.98 Å². The van der Waals surface area contributed by atoms with Gasteiger partial charge in [0.15, 0.2) is 11.5 Å². The van der Waals surface area contributed by atoms with Crippen molar-refractivity contribution in [3.8, 4) is 34.2 Å². The first-order valence-electron chi connectivity index (χ1n) is 11.6. The number of nitrogens with zero attached hydrogens (tertiary/aromatic N) is 2. The lowest BCUT2D eigenvalue weighted by molar-refractivity contribution is 0.260. The Bertz CT molecular complexity index is 1690. The standard InChI is InChI=1S/C29H26N2O6/c1-35-24-14-28(34)31(23-7-5-4-6-20(23)24)27-12-17(8-9-30-27)29-21-13-26(37-3)25(36-2)11-18(21)10-19(15-32)22(29)16-33/h4-14,32-33H,15-16H2,1-3H3. The van der Waals surface area contributed by atoms with E-state index in [1.54, 1.807) is 26.5 Å². The van der Waals surface area contributed by atoms with Crippen molar-refractivity contribution in [2.24, 2.45) is 0 Å². The number of methoxy groups -OCH3 is 3. The number of benzene rings is 3. The fourth-order valence-corrected chi connectivity index (χ4v) is 4.83. The lowest BCUT2D eigenvalue weighted by Crippen LogP contribution is -2.19. The van der Waals surface area contributed by atoms with E-state index >= 15 is 0 Å². The topological polar surface area (TPSA) is 103 Å². The molecule has 0 aliphatic rings. The summed E-state index contributed by atoms with van der Waals surface area (Å²) in [5.74, 6) is 1.98. The van der Waals surface area contributed by atoms with Gasteiger partial charge < -0.3 is 24.4 Å². The van der Waals surface area contributed by atoms with Crippen LogP contribution < -0.4 is 19.8 Å². The monoisotopic (exact) mass is 498 g/mol. The highest BCUT2D eigenvalue weighted by Gasteiger charge is 2.19.